The van der Waals surface area contributed by atoms with E-state index < -0.39 is 0 Å². The van der Waals surface area contributed by atoms with Crippen molar-refractivity contribution >= 4 is 5.91 Å². The topological polar surface area (TPSA) is 47.6 Å². The molecule has 0 fully saturated rings. The van der Waals surface area contributed by atoms with Gasteiger partial charge in [0.25, 0.3) is 5.91 Å². The zero-order chi connectivity index (χ0) is 15.9. The number of carbonyl (C=O) groups is 1. The van der Waals surface area contributed by atoms with Crippen LogP contribution in [0.3, 0.4) is 0 Å². The van der Waals surface area contributed by atoms with E-state index in [0.717, 1.165) is 5.56 Å². The average Bonchev–Trinajstić information content (AvgIpc) is 2.53. The molecule has 0 atom stereocenters. The first-order chi connectivity index (χ1) is 10.6. The predicted molar refractivity (Wildman–Crippen MR) is 86.5 cm³/mol. The number of hydrogen-bond donors (Lipinski definition) is 1. The van der Waals surface area contributed by atoms with Crippen LogP contribution in [-0.4, -0.2) is 19.6 Å². The number of amides is 1. The zero-order valence-corrected chi connectivity index (χ0v) is 13.2. The lowest BCUT2D eigenvalue weighted by molar-refractivity contribution is 0.0950. The van der Waals surface area contributed by atoms with Gasteiger partial charge >= 0.3 is 0 Å². The molecule has 0 saturated carbocycles. The Labute approximate surface area is 131 Å². The van der Waals surface area contributed by atoms with Gasteiger partial charge in [-0.3, -0.25) is 4.79 Å². The molecule has 0 bridgehead atoms. The summed E-state index contributed by atoms with van der Waals surface area (Å²) < 4.78 is 10.7. The van der Waals surface area contributed by atoms with Gasteiger partial charge in [0.15, 0.2) is 11.5 Å². The van der Waals surface area contributed by atoms with E-state index in [-0.39, 0.29) is 5.91 Å². The molecule has 2 aromatic carbocycles. The average molecular weight is 299 g/mol. The molecule has 0 aliphatic carbocycles. The molecule has 0 radical (unpaired) electrons. The van der Waals surface area contributed by atoms with Crippen molar-refractivity contribution in [2.75, 3.05) is 13.7 Å². The molecule has 1 N–H and O–H groups in total. The fourth-order valence-electron chi connectivity index (χ4n) is 2.19. The lowest BCUT2D eigenvalue weighted by atomic mass is 10.1. The molecule has 0 saturated heterocycles. The minimum absolute atomic E-state index is 0.136. The lowest BCUT2D eigenvalue weighted by Gasteiger charge is -2.11. The molecule has 116 valence electrons. The van der Waals surface area contributed by atoms with Crippen LogP contribution < -0.4 is 14.8 Å². The van der Waals surface area contributed by atoms with Gasteiger partial charge in [-0.25, -0.2) is 0 Å². The van der Waals surface area contributed by atoms with Gasteiger partial charge in [0.1, 0.15) is 0 Å². The third kappa shape index (κ3) is 4.01. The third-order valence-electron chi connectivity index (χ3n) is 3.26. The Kier molecular flexibility index (Phi) is 5.42. The summed E-state index contributed by atoms with van der Waals surface area (Å²) in [6.45, 7) is 4.98. The van der Waals surface area contributed by atoms with Crippen molar-refractivity contribution in [2.24, 2.45) is 0 Å². The maximum Gasteiger partial charge on any atom is 0.251 e. The molecule has 0 spiro atoms. The normalized spacial score (nSPS) is 10.1. The van der Waals surface area contributed by atoms with Crippen LogP contribution in [0, 0.1) is 6.92 Å². The van der Waals surface area contributed by atoms with E-state index in [4.69, 9.17) is 9.47 Å². The number of aryl methyl sites for hydroxylation is 1. The third-order valence-corrected chi connectivity index (χ3v) is 3.26. The number of benzene rings is 2. The summed E-state index contributed by atoms with van der Waals surface area (Å²) in [6, 6.07) is 13.2. The van der Waals surface area contributed by atoms with Crippen LogP contribution in [0.15, 0.2) is 42.5 Å². The molecule has 0 aromatic heterocycles. The van der Waals surface area contributed by atoms with Crippen molar-refractivity contribution < 1.29 is 14.3 Å². The minimum atomic E-state index is -0.136. The Bertz CT molecular complexity index is 653. The Morgan fingerprint density at radius 3 is 2.64 bits per heavy atom. The molecule has 0 heterocycles. The first-order valence-corrected chi connectivity index (χ1v) is 7.28. The highest BCUT2D eigenvalue weighted by Crippen LogP contribution is 2.28. The van der Waals surface area contributed by atoms with Crippen molar-refractivity contribution in [1.82, 2.24) is 5.32 Å². The van der Waals surface area contributed by atoms with Crippen LogP contribution in [0.5, 0.6) is 11.5 Å². The van der Waals surface area contributed by atoms with Gasteiger partial charge in [-0.15, -0.1) is 0 Å². The van der Waals surface area contributed by atoms with Crippen LogP contribution in [0.25, 0.3) is 0 Å². The lowest BCUT2D eigenvalue weighted by Crippen LogP contribution is -2.22. The highest BCUT2D eigenvalue weighted by molar-refractivity contribution is 5.94. The van der Waals surface area contributed by atoms with E-state index in [2.05, 4.69) is 11.4 Å². The Hall–Kier alpha value is -2.49. The summed E-state index contributed by atoms with van der Waals surface area (Å²) in [6.07, 6.45) is 0. The largest absolute Gasteiger partial charge is 0.493 e. The maximum absolute atomic E-state index is 12.2. The smallest absolute Gasteiger partial charge is 0.251 e. The van der Waals surface area contributed by atoms with Gasteiger partial charge in [0.2, 0.25) is 0 Å². The fourth-order valence-corrected chi connectivity index (χ4v) is 2.19. The van der Waals surface area contributed by atoms with Gasteiger partial charge in [0.05, 0.1) is 13.7 Å². The molecule has 2 rings (SSSR count). The zero-order valence-electron chi connectivity index (χ0n) is 13.2. The molecule has 0 aliphatic heterocycles. The van der Waals surface area contributed by atoms with Crippen molar-refractivity contribution in [2.45, 2.75) is 20.4 Å². The molecule has 22 heavy (non-hydrogen) atoms. The van der Waals surface area contributed by atoms with E-state index in [9.17, 15) is 4.79 Å². The number of methoxy groups -OCH3 is 1. The minimum Gasteiger partial charge on any atom is -0.493 e. The van der Waals surface area contributed by atoms with Crippen molar-refractivity contribution in [1.29, 1.82) is 0 Å². The SMILES string of the molecule is CCOc1ccc(C(=O)NCc2cccc(C)c2)cc1OC. The maximum atomic E-state index is 12.2. The van der Waals surface area contributed by atoms with Crippen LogP contribution in [0.1, 0.15) is 28.4 Å². The van der Waals surface area contributed by atoms with Gasteiger partial charge in [-0.1, -0.05) is 29.8 Å². The molecular formula is C18H21NO3. The van der Waals surface area contributed by atoms with E-state index in [0.29, 0.717) is 30.2 Å². The number of carbonyl (C=O) groups excluding carboxylic acids is 1. The van der Waals surface area contributed by atoms with Gasteiger partial charge in [-0.2, -0.15) is 0 Å². The van der Waals surface area contributed by atoms with Crippen LogP contribution in [0.2, 0.25) is 0 Å². The first-order valence-electron chi connectivity index (χ1n) is 7.28. The van der Waals surface area contributed by atoms with E-state index in [1.807, 2.05) is 32.0 Å². The molecule has 0 aliphatic rings. The second-order valence-corrected chi connectivity index (χ2v) is 4.97. The van der Waals surface area contributed by atoms with Crippen molar-refractivity contribution in [3.05, 3.63) is 59.2 Å². The number of rotatable bonds is 6. The standard InChI is InChI=1S/C18H21NO3/c1-4-22-16-9-8-15(11-17(16)21-3)18(20)19-12-14-7-5-6-13(2)10-14/h5-11H,4,12H2,1-3H3,(H,19,20). The van der Waals surface area contributed by atoms with Crippen LogP contribution in [0.4, 0.5) is 0 Å². The molecule has 1 amide bonds. The van der Waals surface area contributed by atoms with E-state index >= 15 is 0 Å². The van der Waals surface area contributed by atoms with Crippen LogP contribution >= 0.6 is 0 Å². The molecule has 4 heteroatoms. The monoisotopic (exact) mass is 299 g/mol. The second kappa shape index (κ2) is 7.50. The summed E-state index contributed by atoms with van der Waals surface area (Å²) in [7, 11) is 1.56. The summed E-state index contributed by atoms with van der Waals surface area (Å²) in [5.41, 5.74) is 2.80. The van der Waals surface area contributed by atoms with Gasteiger partial charge in [0, 0.05) is 12.1 Å². The number of ether oxygens (including phenoxy) is 2. The van der Waals surface area contributed by atoms with Crippen LogP contribution in [-0.2, 0) is 6.54 Å². The number of hydrogen-bond acceptors (Lipinski definition) is 3. The van der Waals surface area contributed by atoms with E-state index in [1.165, 1.54) is 5.56 Å². The number of nitrogens with one attached hydrogen (secondary N) is 1. The Morgan fingerprint density at radius 1 is 1.14 bits per heavy atom. The summed E-state index contributed by atoms with van der Waals surface area (Å²) in [5.74, 6) is 1.06. The molecule has 2 aromatic rings. The first kappa shape index (κ1) is 15.9. The molecule has 0 unspecified atom stereocenters. The fraction of sp³-hybridized carbons (Fsp3) is 0.278. The second-order valence-electron chi connectivity index (χ2n) is 4.97. The highest BCUT2D eigenvalue weighted by Gasteiger charge is 2.10. The van der Waals surface area contributed by atoms with Crippen molar-refractivity contribution in [3.63, 3.8) is 0 Å². The molecule has 4 nitrogen and oxygen atoms in total. The van der Waals surface area contributed by atoms with Crippen molar-refractivity contribution in [3.8, 4) is 11.5 Å². The molecular weight excluding hydrogens is 278 g/mol. The summed E-state index contributed by atoms with van der Waals surface area (Å²) in [5, 5.41) is 2.91. The Morgan fingerprint density at radius 2 is 1.95 bits per heavy atom. The van der Waals surface area contributed by atoms with Gasteiger partial charge < -0.3 is 14.8 Å². The Balaban J connectivity index is 2.06. The highest BCUT2D eigenvalue weighted by atomic mass is 16.5. The summed E-state index contributed by atoms with van der Waals surface area (Å²) in [4.78, 5) is 12.2. The predicted octanol–water partition coefficient (Wildman–Crippen LogP) is 3.33. The summed E-state index contributed by atoms with van der Waals surface area (Å²) >= 11 is 0. The quantitative estimate of drug-likeness (QED) is 0.890. The van der Waals surface area contributed by atoms with Gasteiger partial charge in [-0.05, 0) is 37.6 Å². The van der Waals surface area contributed by atoms with E-state index in [1.54, 1.807) is 25.3 Å².